The molecule has 3 nitrogen and oxygen atoms in total. The minimum absolute atomic E-state index is 0.590. The zero-order valence-corrected chi connectivity index (χ0v) is 11.3. The first kappa shape index (κ1) is 15.9. The number of rotatable bonds is 12. The number of methoxy groups -OCH3 is 1. The highest BCUT2D eigenvalue weighted by molar-refractivity contribution is 4.66. The Hall–Kier alpha value is -0.120. The van der Waals surface area contributed by atoms with Gasteiger partial charge in [-0.25, -0.2) is 0 Å². The molecule has 98 valence electrons. The summed E-state index contributed by atoms with van der Waals surface area (Å²) >= 11 is 0. The van der Waals surface area contributed by atoms with Gasteiger partial charge in [-0.2, -0.15) is 0 Å². The van der Waals surface area contributed by atoms with E-state index in [1.165, 1.54) is 12.8 Å². The van der Waals surface area contributed by atoms with Crippen molar-refractivity contribution in [2.75, 3.05) is 33.5 Å². The van der Waals surface area contributed by atoms with Crippen molar-refractivity contribution in [1.82, 2.24) is 5.32 Å². The van der Waals surface area contributed by atoms with Crippen LogP contribution in [-0.4, -0.2) is 39.5 Å². The summed E-state index contributed by atoms with van der Waals surface area (Å²) in [7, 11) is 1.76. The van der Waals surface area contributed by atoms with Gasteiger partial charge in [-0.1, -0.05) is 13.8 Å². The van der Waals surface area contributed by atoms with Crippen LogP contribution in [-0.2, 0) is 9.47 Å². The fourth-order valence-electron chi connectivity index (χ4n) is 1.64. The highest BCUT2D eigenvalue weighted by Crippen LogP contribution is 2.03. The minimum atomic E-state index is 0.590. The molecule has 1 unspecified atom stereocenters. The number of nitrogens with one attached hydrogen (secondary N) is 1. The molecular formula is C13H29NO2. The molecule has 3 heteroatoms. The third-order valence-corrected chi connectivity index (χ3v) is 2.54. The SMILES string of the molecule is CCCNC(CCCOC)CCOCCC. The Morgan fingerprint density at radius 2 is 1.81 bits per heavy atom. The lowest BCUT2D eigenvalue weighted by atomic mass is 10.1. The second-order valence-electron chi connectivity index (χ2n) is 4.19. The van der Waals surface area contributed by atoms with E-state index < -0.39 is 0 Å². The topological polar surface area (TPSA) is 30.5 Å². The van der Waals surface area contributed by atoms with Crippen molar-refractivity contribution < 1.29 is 9.47 Å². The lowest BCUT2D eigenvalue weighted by Gasteiger charge is -2.18. The molecule has 1 atom stereocenters. The van der Waals surface area contributed by atoms with E-state index in [2.05, 4.69) is 19.2 Å². The number of ether oxygens (including phenoxy) is 2. The summed E-state index contributed by atoms with van der Waals surface area (Å²) in [5, 5.41) is 3.57. The van der Waals surface area contributed by atoms with E-state index in [1.807, 2.05) is 0 Å². The van der Waals surface area contributed by atoms with E-state index >= 15 is 0 Å². The molecular weight excluding hydrogens is 202 g/mol. The van der Waals surface area contributed by atoms with Gasteiger partial charge in [0.1, 0.15) is 0 Å². The molecule has 1 N–H and O–H groups in total. The molecule has 0 saturated heterocycles. The third kappa shape index (κ3) is 10.4. The smallest absolute Gasteiger partial charge is 0.0480 e. The van der Waals surface area contributed by atoms with Crippen LogP contribution >= 0.6 is 0 Å². The van der Waals surface area contributed by atoms with Gasteiger partial charge in [0.2, 0.25) is 0 Å². The molecule has 0 rings (SSSR count). The molecule has 0 aliphatic carbocycles. The first-order chi connectivity index (χ1) is 7.85. The molecule has 0 fully saturated rings. The van der Waals surface area contributed by atoms with E-state index in [1.54, 1.807) is 7.11 Å². The van der Waals surface area contributed by atoms with Crippen LogP contribution in [0.25, 0.3) is 0 Å². The van der Waals surface area contributed by atoms with Crippen LogP contribution in [0.4, 0.5) is 0 Å². The second kappa shape index (κ2) is 12.9. The standard InChI is InChI=1S/C13H29NO2/c1-4-9-14-13(7-6-11-15-3)8-12-16-10-5-2/h13-14H,4-12H2,1-3H3. The summed E-state index contributed by atoms with van der Waals surface area (Å²) < 4.78 is 10.6. The molecule has 16 heavy (non-hydrogen) atoms. The summed E-state index contributed by atoms with van der Waals surface area (Å²) in [5.74, 6) is 0. The minimum Gasteiger partial charge on any atom is -0.385 e. The van der Waals surface area contributed by atoms with Crippen LogP contribution in [0, 0.1) is 0 Å². The van der Waals surface area contributed by atoms with Crippen molar-refractivity contribution in [3.63, 3.8) is 0 Å². The summed E-state index contributed by atoms with van der Waals surface area (Å²) in [6.45, 7) is 8.07. The van der Waals surface area contributed by atoms with Crippen LogP contribution < -0.4 is 5.32 Å². The maximum atomic E-state index is 5.53. The summed E-state index contributed by atoms with van der Waals surface area (Å²) in [4.78, 5) is 0. The summed E-state index contributed by atoms with van der Waals surface area (Å²) in [5.41, 5.74) is 0. The molecule has 0 saturated carbocycles. The largest absolute Gasteiger partial charge is 0.385 e. The molecule has 0 spiro atoms. The number of hydrogen-bond acceptors (Lipinski definition) is 3. The van der Waals surface area contributed by atoms with Gasteiger partial charge in [-0.05, 0) is 38.6 Å². The van der Waals surface area contributed by atoms with E-state index in [0.29, 0.717) is 6.04 Å². The van der Waals surface area contributed by atoms with Gasteiger partial charge in [0.15, 0.2) is 0 Å². The van der Waals surface area contributed by atoms with E-state index in [9.17, 15) is 0 Å². The zero-order valence-electron chi connectivity index (χ0n) is 11.3. The highest BCUT2D eigenvalue weighted by atomic mass is 16.5. The van der Waals surface area contributed by atoms with Crippen molar-refractivity contribution in [1.29, 1.82) is 0 Å². The maximum Gasteiger partial charge on any atom is 0.0480 e. The van der Waals surface area contributed by atoms with Crippen LogP contribution in [0.5, 0.6) is 0 Å². The molecule has 0 aliphatic rings. The van der Waals surface area contributed by atoms with Gasteiger partial charge in [0.25, 0.3) is 0 Å². The Bertz CT molecular complexity index is 131. The molecule has 0 heterocycles. The Morgan fingerprint density at radius 3 is 2.44 bits per heavy atom. The first-order valence-corrected chi connectivity index (χ1v) is 6.65. The predicted octanol–water partition coefficient (Wildman–Crippen LogP) is 2.60. The van der Waals surface area contributed by atoms with Gasteiger partial charge in [-0.3, -0.25) is 0 Å². The number of hydrogen-bond donors (Lipinski definition) is 1. The maximum absolute atomic E-state index is 5.53. The van der Waals surface area contributed by atoms with Crippen molar-refractivity contribution >= 4 is 0 Å². The van der Waals surface area contributed by atoms with Crippen LogP contribution in [0.3, 0.4) is 0 Å². The normalized spacial score (nSPS) is 12.9. The molecule has 0 bridgehead atoms. The predicted molar refractivity (Wildman–Crippen MR) is 68.9 cm³/mol. The molecule has 0 aliphatic heterocycles. The first-order valence-electron chi connectivity index (χ1n) is 6.65. The van der Waals surface area contributed by atoms with Crippen molar-refractivity contribution in [2.45, 2.75) is 52.0 Å². The van der Waals surface area contributed by atoms with Crippen LogP contribution in [0.2, 0.25) is 0 Å². The lowest BCUT2D eigenvalue weighted by molar-refractivity contribution is 0.121. The van der Waals surface area contributed by atoms with Gasteiger partial charge in [0.05, 0.1) is 0 Å². The average molecular weight is 231 g/mol. The zero-order chi connectivity index (χ0) is 12.1. The lowest BCUT2D eigenvalue weighted by Crippen LogP contribution is -2.31. The molecule has 0 radical (unpaired) electrons. The molecule has 0 amide bonds. The van der Waals surface area contributed by atoms with Gasteiger partial charge < -0.3 is 14.8 Å². The Balaban J connectivity index is 3.54. The fourth-order valence-corrected chi connectivity index (χ4v) is 1.64. The van der Waals surface area contributed by atoms with Crippen LogP contribution in [0.1, 0.15) is 46.0 Å². The summed E-state index contributed by atoms with van der Waals surface area (Å²) in [6, 6.07) is 0.590. The molecule has 0 aromatic carbocycles. The van der Waals surface area contributed by atoms with E-state index in [4.69, 9.17) is 9.47 Å². The van der Waals surface area contributed by atoms with Gasteiger partial charge in [-0.15, -0.1) is 0 Å². The molecule has 0 aromatic rings. The van der Waals surface area contributed by atoms with E-state index in [-0.39, 0.29) is 0 Å². The quantitative estimate of drug-likeness (QED) is 0.524. The third-order valence-electron chi connectivity index (χ3n) is 2.54. The monoisotopic (exact) mass is 231 g/mol. The van der Waals surface area contributed by atoms with E-state index in [0.717, 1.165) is 45.6 Å². The van der Waals surface area contributed by atoms with Gasteiger partial charge in [0, 0.05) is 33.0 Å². The Morgan fingerprint density at radius 1 is 1.00 bits per heavy atom. The molecule has 0 aromatic heterocycles. The Kier molecular flexibility index (Phi) is 12.9. The second-order valence-corrected chi connectivity index (χ2v) is 4.19. The van der Waals surface area contributed by atoms with Crippen molar-refractivity contribution in [3.8, 4) is 0 Å². The summed E-state index contributed by atoms with van der Waals surface area (Å²) in [6.07, 6.45) is 5.73. The average Bonchev–Trinajstić information content (AvgIpc) is 2.31. The highest BCUT2D eigenvalue weighted by Gasteiger charge is 2.06. The van der Waals surface area contributed by atoms with Crippen molar-refractivity contribution in [2.24, 2.45) is 0 Å². The Labute approximate surface area is 101 Å². The van der Waals surface area contributed by atoms with Crippen molar-refractivity contribution in [3.05, 3.63) is 0 Å². The van der Waals surface area contributed by atoms with Crippen LogP contribution in [0.15, 0.2) is 0 Å². The fraction of sp³-hybridized carbons (Fsp3) is 1.00. The van der Waals surface area contributed by atoms with Gasteiger partial charge >= 0.3 is 0 Å².